The van der Waals surface area contributed by atoms with Crippen molar-refractivity contribution in [1.29, 1.82) is 0 Å². The van der Waals surface area contributed by atoms with Gasteiger partial charge in [-0.05, 0) is 61.7 Å². The number of para-hydroxylation sites is 2. The normalized spacial score (nSPS) is 11.9. The molecule has 0 spiro atoms. The predicted molar refractivity (Wildman–Crippen MR) is 397 cm³/mol. The molecule has 12 aromatic rings. The molecule has 0 unspecified atom stereocenters. The Balaban J connectivity index is 0.000000236. The van der Waals surface area contributed by atoms with Crippen LogP contribution in [0.2, 0.25) is 0 Å². The lowest BCUT2D eigenvalue weighted by Gasteiger charge is -2.17. The Hall–Kier alpha value is -10.8. The Labute approximate surface area is 593 Å². The Morgan fingerprint density at radius 3 is 1.17 bits per heavy atom. The second-order valence-corrected chi connectivity index (χ2v) is 21.6. The number of hydrogen-bond acceptors (Lipinski definition) is 21. The SMILES string of the molecule is C.CNC(=O)c1ccnc2c([C@H](C)CNc3cc(-c4cnc(C)nc4)ncn3)cccc12.S.S.S.[2H]c1nc(C)nc([2H])c1-c1cc(NC[C@@H](C)c2ccc(F)c3c(C(=O)NC)ccnc23)ncn1.[2H]c1nc(C)nc([2H])c1-c1cc(NC[C@@H](C)c2cccc3c(C(=O)NC)ccnc23)ncn1. The largest absolute Gasteiger partial charge is 0.369 e. The van der Waals surface area contributed by atoms with Crippen LogP contribution in [0, 0.1) is 26.6 Å². The van der Waals surface area contributed by atoms with E-state index in [2.05, 4.69) is 121 Å². The van der Waals surface area contributed by atoms with Crippen molar-refractivity contribution in [1.82, 2.24) is 90.7 Å². The number of benzene rings is 3. The fraction of sp³-hybridized carbons (Fsp3) is 0.229. The van der Waals surface area contributed by atoms with E-state index in [0.29, 0.717) is 76.8 Å². The number of fused-ring (bicyclic) bond motifs is 3. The van der Waals surface area contributed by atoms with Gasteiger partial charge in [-0.1, -0.05) is 70.7 Å². The van der Waals surface area contributed by atoms with Gasteiger partial charge in [-0.2, -0.15) is 40.5 Å². The molecular formula is C70H78FN21O3S3. The minimum atomic E-state index is -0.510. The lowest BCUT2D eigenvalue weighted by Crippen LogP contribution is -2.19. The summed E-state index contributed by atoms with van der Waals surface area (Å²) in [6, 6.07) is 24.9. The molecule has 3 aromatic carbocycles. The molecule has 0 saturated carbocycles. The smallest absolute Gasteiger partial charge is 0.251 e. The van der Waals surface area contributed by atoms with E-state index in [4.69, 9.17) is 5.48 Å². The van der Waals surface area contributed by atoms with Crippen molar-refractivity contribution in [2.45, 2.75) is 66.7 Å². The minimum absolute atomic E-state index is 0. The van der Waals surface area contributed by atoms with E-state index < -0.39 is 5.82 Å². The molecule has 24 nitrogen and oxygen atoms in total. The molecule has 12 rings (SSSR count). The molecule has 28 heteroatoms. The van der Waals surface area contributed by atoms with Gasteiger partial charge in [0.25, 0.3) is 17.7 Å². The summed E-state index contributed by atoms with van der Waals surface area (Å²) in [4.78, 5) is 100. The van der Waals surface area contributed by atoms with Crippen LogP contribution in [0.15, 0.2) is 160 Å². The van der Waals surface area contributed by atoms with Crippen LogP contribution in [0.4, 0.5) is 21.8 Å². The quantitative estimate of drug-likeness (QED) is 0.0465. The highest BCUT2D eigenvalue weighted by atomic mass is 32.1. The molecule has 0 aliphatic carbocycles. The second-order valence-electron chi connectivity index (χ2n) is 21.6. The minimum Gasteiger partial charge on any atom is -0.369 e. The Bertz CT molecular complexity index is 4920. The van der Waals surface area contributed by atoms with Crippen LogP contribution in [-0.2, 0) is 0 Å². The van der Waals surface area contributed by atoms with Gasteiger partial charge >= 0.3 is 0 Å². The van der Waals surface area contributed by atoms with Crippen molar-refractivity contribution in [3.8, 4) is 33.8 Å². The number of aromatic nitrogens is 15. The third-order valence-corrected chi connectivity index (χ3v) is 15.2. The molecule has 9 aromatic heterocycles. The molecule has 9 heterocycles. The number of amides is 3. The number of carbonyl (C=O) groups is 3. The number of anilines is 3. The zero-order valence-electron chi connectivity index (χ0n) is 58.4. The maximum absolute atomic E-state index is 14.6. The van der Waals surface area contributed by atoms with Gasteiger partial charge < -0.3 is 31.9 Å². The average Bonchev–Trinajstić information content (AvgIpc) is 0.798. The van der Waals surface area contributed by atoms with E-state index >= 15 is 0 Å². The van der Waals surface area contributed by atoms with Crippen LogP contribution < -0.4 is 31.9 Å². The van der Waals surface area contributed by atoms with Gasteiger partial charge in [-0.3, -0.25) is 29.3 Å². The Morgan fingerprint density at radius 1 is 0.429 bits per heavy atom. The lowest BCUT2D eigenvalue weighted by molar-refractivity contribution is 0.0956. The van der Waals surface area contributed by atoms with E-state index in [1.807, 2.05) is 56.3 Å². The summed E-state index contributed by atoms with van der Waals surface area (Å²) >= 11 is 0. The highest BCUT2D eigenvalue weighted by Crippen LogP contribution is 2.32. The molecule has 3 amide bonds. The van der Waals surface area contributed by atoms with Gasteiger partial charge in [-0.15, -0.1) is 0 Å². The fourth-order valence-corrected chi connectivity index (χ4v) is 10.1. The maximum atomic E-state index is 14.6. The van der Waals surface area contributed by atoms with Gasteiger partial charge in [0.2, 0.25) is 0 Å². The predicted octanol–water partition coefficient (Wildman–Crippen LogP) is 11.2. The van der Waals surface area contributed by atoms with Crippen LogP contribution in [0.25, 0.3) is 66.5 Å². The monoisotopic (exact) mass is 1380 g/mol. The molecule has 0 aliphatic heterocycles. The summed E-state index contributed by atoms with van der Waals surface area (Å²) in [7, 11) is 4.73. The summed E-state index contributed by atoms with van der Waals surface area (Å²) in [6.07, 6.45) is 12.3. The van der Waals surface area contributed by atoms with Crippen LogP contribution in [-0.4, -0.2) is 133 Å². The van der Waals surface area contributed by atoms with Crippen molar-refractivity contribution in [3.05, 3.63) is 216 Å². The third-order valence-electron chi connectivity index (χ3n) is 15.2. The average molecular weight is 1380 g/mol. The standard InChI is InChI=1S/C23H22FN7O.2C23H23N7O.CH4.3H2S/c1-13(9-29-20-8-19(30-12-31-20)15-10-27-14(2)28-11-15)16-4-5-18(24)21-17(23(32)25-3)6-7-26-22(16)21;2*1-14(17-5-4-6-18-19(23(31)24-3)7-8-25-22(17)18)10-28-21-9-20(29-13-30-21)16-11-26-15(2)27-12-16;;;;/h4-8,10-13H,9H2,1-3H3,(H,25,32)(H,29,30,31);2*4-9,11-14H,10H2,1-3H3,(H,24,31)(H,28,29,30);1H4;3*1H2/t13-;2*14-;;;;/m111..../s1/i10D,11D;11D,12D;;;;;. The van der Waals surface area contributed by atoms with Crippen molar-refractivity contribution in [2.24, 2.45) is 0 Å². The van der Waals surface area contributed by atoms with E-state index in [-0.39, 0.29) is 130 Å². The van der Waals surface area contributed by atoms with Crippen molar-refractivity contribution in [3.63, 3.8) is 0 Å². The molecule has 0 bridgehead atoms. The molecule has 0 saturated heterocycles. The molecule has 3 atom stereocenters. The molecule has 0 fully saturated rings. The van der Waals surface area contributed by atoms with Gasteiger partial charge in [0, 0.05) is 165 Å². The molecule has 6 N–H and O–H groups in total. The summed E-state index contributed by atoms with van der Waals surface area (Å²) < 4.78 is 47.0. The zero-order valence-corrected chi connectivity index (χ0v) is 57.4. The fourth-order valence-electron chi connectivity index (χ4n) is 10.1. The first-order valence-corrected chi connectivity index (χ1v) is 29.8. The number of rotatable bonds is 18. The number of hydrogen-bond donors (Lipinski definition) is 6. The van der Waals surface area contributed by atoms with Crippen LogP contribution in [0.1, 0.15) is 117 Å². The van der Waals surface area contributed by atoms with Gasteiger partial charge in [0.15, 0.2) is 0 Å². The van der Waals surface area contributed by atoms with Crippen LogP contribution in [0.3, 0.4) is 0 Å². The number of carbonyl (C=O) groups excluding carboxylic acids is 3. The number of nitrogens with one attached hydrogen (secondary N) is 6. The molecule has 0 radical (unpaired) electrons. The molecule has 98 heavy (non-hydrogen) atoms. The first-order valence-electron chi connectivity index (χ1n) is 31.8. The second kappa shape index (κ2) is 35.8. The van der Waals surface area contributed by atoms with E-state index in [1.54, 1.807) is 83.1 Å². The topological polar surface area (TPSA) is 317 Å². The van der Waals surface area contributed by atoms with Gasteiger partial charge in [0.05, 0.1) is 55.8 Å². The van der Waals surface area contributed by atoms with Crippen molar-refractivity contribution >= 4 is 108 Å². The first kappa shape index (κ1) is 70.0. The summed E-state index contributed by atoms with van der Waals surface area (Å²) in [5.41, 5.74) is 9.18. The Kier molecular flexibility index (Phi) is 25.5. The maximum Gasteiger partial charge on any atom is 0.251 e. The Morgan fingerprint density at radius 2 is 0.776 bits per heavy atom. The summed E-state index contributed by atoms with van der Waals surface area (Å²) in [5.74, 6) is 2.11. The van der Waals surface area contributed by atoms with Gasteiger partial charge in [-0.25, -0.2) is 64.2 Å². The molecular weight excluding hydrogens is 1300 g/mol. The number of nitrogens with zero attached hydrogens (tertiary/aromatic N) is 15. The van der Waals surface area contributed by atoms with Crippen molar-refractivity contribution in [2.75, 3.05) is 56.7 Å². The lowest BCUT2D eigenvalue weighted by atomic mass is 9.95. The highest BCUT2D eigenvalue weighted by molar-refractivity contribution is 7.59. The van der Waals surface area contributed by atoms with E-state index in [1.165, 1.54) is 44.4 Å². The van der Waals surface area contributed by atoms with Crippen LogP contribution >= 0.6 is 40.5 Å². The summed E-state index contributed by atoms with van der Waals surface area (Å²) in [5, 5.41) is 19.6. The van der Waals surface area contributed by atoms with Crippen LogP contribution in [0.5, 0.6) is 0 Å². The van der Waals surface area contributed by atoms with E-state index in [0.717, 1.165) is 55.6 Å². The summed E-state index contributed by atoms with van der Waals surface area (Å²) in [6.45, 7) is 12.9. The zero-order chi connectivity index (χ0) is 69.7. The molecule has 506 valence electrons. The van der Waals surface area contributed by atoms with E-state index in [9.17, 15) is 18.8 Å². The first-order chi connectivity index (χ1) is 47.2. The molecule has 0 aliphatic rings. The third kappa shape index (κ3) is 18.4. The van der Waals surface area contributed by atoms with Crippen molar-refractivity contribution < 1.29 is 24.3 Å². The number of halogens is 1. The number of aryl methyl sites for hydroxylation is 3. The van der Waals surface area contributed by atoms with Gasteiger partial charge in [0.1, 0.15) is 59.7 Å². The number of pyridine rings is 3. The highest BCUT2D eigenvalue weighted by Gasteiger charge is 2.21.